The lowest BCUT2D eigenvalue weighted by molar-refractivity contribution is 0.301. The van der Waals surface area contributed by atoms with Crippen LogP contribution in [0.25, 0.3) is 0 Å². The van der Waals surface area contributed by atoms with E-state index in [4.69, 9.17) is 10.00 Å². The molecule has 122 valence electrons. The maximum Gasteiger partial charge on any atom is 0.125 e. The maximum absolute atomic E-state index is 9.40. The highest BCUT2D eigenvalue weighted by molar-refractivity contribution is 5.43. The van der Waals surface area contributed by atoms with Gasteiger partial charge < -0.3 is 4.74 Å². The van der Waals surface area contributed by atoms with Gasteiger partial charge in [-0.25, -0.2) is 0 Å². The van der Waals surface area contributed by atoms with E-state index in [1.54, 1.807) is 12.1 Å². The first-order chi connectivity index (χ1) is 11.5. The highest BCUT2D eigenvalue weighted by Gasteiger charge is 2.12. The van der Waals surface area contributed by atoms with Crippen LogP contribution in [0.2, 0.25) is 0 Å². The van der Waals surface area contributed by atoms with Gasteiger partial charge in [0, 0.05) is 0 Å². The monoisotopic (exact) mass is 318 g/mol. The van der Waals surface area contributed by atoms with Crippen molar-refractivity contribution in [2.24, 2.45) is 0 Å². The fourth-order valence-electron chi connectivity index (χ4n) is 2.99. The van der Waals surface area contributed by atoms with Gasteiger partial charge in [-0.1, -0.05) is 29.8 Å². The van der Waals surface area contributed by atoms with Crippen LogP contribution in [0.5, 0.6) is 5.75 Å². The molecule has 0 aliphatic heterocycles. The van der Waals surface area contributed by atoms with Gasteiger partial charge in [0.05, 0.1) is 30.2 Å². The van der Waals surface area contributed by atoms with Gasteiger partial charge in [0.1, 0.15) is 5.75 Å². The van der Waals surface area contributed by atoms with E-state index in [0.717, 1.165) is 35.3 Å². The summed E-state index contributed by atoms with van der Waals surface area (Å²) >= 11 is 0. The number of ether oxygens (including phenoxy) is 1. The molecule has 0 amide bonds. The van der Waals surface area contributed by atoms with Crippen LogP contribution in [0.3, 0.4) is 0 Å². The van der Waals surface area contributed by atoms with E-state index in [9.17, 15) is 5.26 Å². The number of hydrogen-bond acceptors (Lipinski definition) is 3. The summed E-state index contributed by atoms with van der Waals surface area (Å²) in [5, 5.41) is 18.4. The molecule has 0 aliphatic rings. The Morgan fingerprint density at radius 3 is 2.38 bits per heavy atom. The Bertz CT molecular complexity index is 773. The molecule has 0 aliphatic carbocycles. The molecule has 0 aromatic heterocycles. The van der Waals surface area contributed by atoms with Crippen LogP contribution < -0.4 is 4.74 Å². The topological polar surface area (TPSA) is 56.8 Å². The molecule has 2 aromatic carbocycles. The Morgan fingerprint density at radius 1 is 1.04 bits per heavy atom. The van der Waals surface area contributed by atoms with Crippen LogP contribution in [-0.4, -0.2) is 6.61 Å². The lowest BCUT2D eigenvalue weighted by atomic mass is 9.94. The molecule has 24 heavy (non-hydrogen) atoms. The predicted octanol–water partition coefficient (Wildman–Crippen LogP) is 4.95. The summed E-state index contributed by atoms with van der Waals surface area (Å²) in [7, 11) is 0. The van der Waals surface area contributed by atoms with Crippen molar-refractivity contribution in [2.75, 3.05) is 6.61 Å². The quantitative estimate of drug-likeness (QED) is 0.708. The van der Waals surface area contributed by atoms with Crippen LogP contribution in [0.15, 0.2) is 36.4 Å². The van der Waals surface area contributed by atoms with Crippen molar-refractivity contribution >= 4 is 0 Å². The summed E-state index contributed by atoms with van der Waals surface area (Å²) in [6.07, 6.45) is 1.51. The van der Waals surface area contributed by atoms with Crippen LogP contribution in [0.1, 0.15) is 46.6 Å². The first-order valence-electron chi connectivity index (χ1n) is 8.15. The Kier molecular flexibility index (Phi) is 5.99. The highest BCUT2D eigenvalue weighted by Crippen LogP contribution is 2.26. The van der Waals surface area contributed by atoms with E-state index >= 15 is 0 Å². The Labute approximate surface area is 144 Å². The summed E-state index contributed by atoms with van der Waals surface area (Å²) in [4.78, 5) is 0. The predicted molar refractivity (Wildman–Crippen MR) is 94.9 cm³/mol. The number of nitriles is 2. The van der Waals surface area contributed by atoms with Gasteiger partial charge in [-0.3, -0.25) is 0 Å². The van der Waals surface area contributed by atoms with Gasteiger partial charge in [-0.15, -0.1) is 0 Å². The Hall–Kier alpha value is -2.78. The average Bonchev–Trinajstić information content (AvgIpc) is 2.56. The minimum Gasteiger partial charge on any atom is -0.493 e. The van der Waals surface area contributed by atoms with E-state index in [-0.39, 0.29) is 5.92 Å². The third-order valence-electron chi connectivity index (χ3n) is 4.06. The smallest absolute Gasteiger partial charge is 0.125 e. The van der Waals surface area contributed by atoms with Crippen molar-refractivity contribution in [1.82, 2.24) is 0 Å². The number of hydrogen-bond donors (Lipinski definition) is 0. The number of rotatable bonds is 6. The van der Waals surface area contributed by atoms with Gasteiger partial charge >= 0.3 is 0 Å². The minimum absolute atomic E-state index is 0.206. The van der Waals surface area contributed by atoms with E-state index in [2.05, 4.69) is 45.0 Å². The Morgan fingerprint density at radius 2 is 1.75 bits per heavy atom. The van der Waals surface area contributed by atoms with E-state index in [1.165, 1.54) is 5.56 Å². The zero-order chi connectivity index (χ0) is 17.5. The molecule has 3 heteroatoms. The van der Waals surface area contributed by atoms with Crippen molar-refractivity contribution < 1.29 is 4.74 Å². The van der Waals surface area contributed by atoms with Gasteiger partial charge in [0.2, 0.25) is 0 Å². The molecule has 0 spiro atoms. The van der Waals surface area contributed by atoms with Gasteiger partial charge in [-0.05, 0) is 62.4 Å². The largest absolute Gasteiger partial charge is 0.493 e. The summed E-state index contributed by atoms with van der Waals surface area (Å²) in [6, 6.07) is 16.0. The van der Waals surface area contributed by atoms with Crippen LogP contribution in [0, 0.1) is 43.4 Å². The first kappa shape index (κ1) is 17.6. The normalized spacial score (nSPS) is 11.4. The first-order valence-corrected chi connectivity index (χ1v) is 8.15. The van der Waals surface area contributed by atoms with Crippen LogP contribution in [0.4, 0.5) is 0 Å². The molecule has 0 saturated heterocycles. The molecule has 0 heterocycles. The Balaban J connectivity index is 1.94. The highest BCUT2D eigenvalue weighted by atomic mass is 16.5. The SMILES string of the molecule is Cc1cc(C)c(OCCCC(C#N)c2cccc(C#N)c2)c(C)c1. The summed E-state index contributed by atoms with van der Waals surface area (Å²) < 4.78 is 5.94. The van der Waals surface area contributed by atoms with Gasteiger partial charge in [0.25, 0.3) is 0 Å². The molecule has 0 saturated carbocycles. The van der Waals surface area contributed by atoms with E-state index in [0.29, 0.717) is 12.2 Å². The lowest BCUT2D eigenvalue weighted by Gasteiger charge is -2.14. The molecular formula is C21H22N2O. The average molecular weight is 318 g/mol. The molecule has 0 bridgehead atoms. The minimum atomic E-state index is -0.206. The van der Waals surface area contributed by atoms with Crippen molar-refractivity contribution in [1.29, 1.82) is 10.5 Å². The van der Waals surface area contributed by atoms with Gasteiger partial charge in [0.15, 0.2) is 0 Å². The number of benzene rings is 2. The molecule has 0 fully saturated rings. The second kappa shape index (κ2) is 8.18. The number of nitrogens with zero attached hydrogens (tertiary/aromatic N) is 2. The number of aryl methyl sites for hydroxylation is 3. The second-order valence-corrected chi connectivity index (χ2v) is 6.14. The molecule has 2 aromatic rings. The molecule has 3 nitrogen and oxygen atoms in total. The van der Waals surface area contributed by atoms with Crippen LogP contribution >= 0.6 is 0 Å². The molecule has 1 atom stereocenters. The molecule has 0 N–H and O–H groups in total. The standard InChI is InChI=1S/C21H22N2O/c1-15-10-16(2)21(17(3)11-15)24-9-5-8-20(14-23)19-7-4-6-18(12-19)13-22/h4,6-7,10-12,20H,5,8-9H2,1-3H3. The second-order valence-electron chi connectivity index (χ2n) is 6.14. The van der Waals surface area contributed by atoms with E-state index in [1.807, 2.05) is 12.1 Å². The summed E-state index contributed by atoms with van der Waals surface area (Å²) in [5.41, 5.74) is 5.02. The van der Waals surface area contributed by atoms with E-state index < -0.39 is 0 Å². The fraction of sp³-hybridized carbons (Fsp3) is 0.333. The fourth-order valence-corrected chi connectivity index (χ4v) is 2.99. The third kappa shape index (κ3) is 4.37. The van der Waals surface area contributed by atoms with Crippen molar-refractivity contribution in [3.05, 3.63) is 64.2 Å². The maximum atomic E-state index is 9.40. The van der Waals surface area contributed by atoms with Crippen molar-refractivity contribution in [2.45, 2.75) is 39.5 Å². The summed E-state index contributed by atoms with van der Waals surface area (Å²) in [6.45, 7) is 6.78. The molecular weight excluding hydrogens is 296 g/mol. The third-order valence-corrected chi connectivity index (χ3v) is 4.06. The van der Waals surface area contributed by atoms with Crippen molar-refractivity contribution in [3.63, 3.8) is 0 Å². The molecule has 2 rings (SSSR count). The zero-order valence-electron chi connectivity index (χ0n) is 14.5. The van der Waals surface area contributed by atoms with Gasteiger partial charge in [-0.2, -0.15) is 10.5 Å². The zero-order valence-corrected chi connectivity index (χ0v) is 14.5. The molecule has 1 unspecified atom stereocenters. The summed E-state index contributed by atoms with van der Waals surface area (Å²) in [5.74, 6) is 0.739. The molecule has 0 radical (unpaired) electrons. The van der Waals surface area contributed by atoms with Crippen LogP contribution in [-0.2, 0) is 0 Å². The lowest BCUT2D eigenvalue weighted by Crippen LogP contribution is -2.04. The van der Waals surface area contributed by atoms with Crippen molar-refractivity contribution in [3.8, 4) is 17.9 Å².